The average Bonchev–Trinajstić information content (AvgIpc) is 2.80. The Morgan fingerprint density at radius 3 is 2.65 bits per heavy atom. The van der Waals surface area contributed by atoms with Crippen LogP contribution in [0.5, 0.6) is 0 Å². The van der Waals surface area contributed by atoms with Crippen molar-refractivity contribution >= 4 is 28.9 Å². The first-order valence-corrected chi connectivity index (χ1v) is 6.34. The molecule has 1 atom stereocenters. The van der Waals surface area contributed by atoms with Crippen LogP contribution in [0, 0.1) is 0 Å². The van der Waals surface area contributed by atoms with E-state index in [1.807, 2.05) is 5.38 Å². The van der Waals surface area contributed by atoms with Crippen LogP contribution in [0.2, 0.25) is 5.02 Å². The summed E-state index contributed by atoms with van der Waals surface area (Å²) in [6.45, 7) is 0. The van der Waals surface area contributed by atoms with Gasteiger partial charge >= 0.3 is 5.97 Å². The third kappa shape index (κ3) is 3.05. The lowest BCUT2D eigenvalue weighted by Gasteiger charge is -2.11. The van der Waals surface area contributed by atoms with E-state index in [0.717, 1.165) is 11.3 Å². The van der Waals surface area contributed by atoms with Crippen LogP contribution < -0.4 is 0 Å². The van der Waals surface area contributed by atoms with Crippen LogP contribution in [0.4, 0.5) is 0 Å². The molecule has 2 aromatic rings. The number of carboxylic acid groups (broad SMARTS) is 1. The van der Waals surface area contributed by atoms with Crippen LogP contribution in [0.1, 0.15) is 17.2 Å². The number of benzene rings is 1. The Kier molecular flexibility index (Phi) is 3.76. The molecule has 0 bridgehead atoms. The lowest BCUT2D eigenvalue weighted by molar-refractivity contribution is -0.138. The number of thiazole rings is 1. The standard InChI is InChI=1S/C12H10ClNO2S/c13-9-3-1-8(2-4-9)11(12(15)16)5-10-6-17-7-14-10/h1-4,6-7,11H,5H2,(H,15,16). The molecular formula is C12H10ClNO2S. The minimum atomic E-state index is -0.847. The van der Waals surface area contributed by atoms with Crippen LogP contribution >= 0.6 is 22.9 Å². The van der Waals surface area contributed by atoms with E-state index in [0.29, 0.717) is 11.4 Å². The molecule has 0 fully saturated rings. The van der Waals surface area contributed by atoms with E-state index < -0.39 is 11.9 Å². The molecule has 1 heterocycles. The normalized spacial score (nSPS) is 12.3. The van der Waals surface area contributed by atoms with Gasteiger partial charge in [0, 0.05) is 16.8 Å². The third-order valence-corrected chi connectivity index (χ3v) is 3.35. The molecule has 0 aliphatic heterocycles. The molecule has 0 saturated heterocycles. The van der Waals surface area contributed by atoms with Gasteiger partial charge < -0.3 is 5.11 Å². The van der Waals surface area contributed by atoms with Crippen LogP contribution in [0.15, 0.2) is 35.2 Å². The van der Waals surface area contributed by atoms with Gasteiger partial charge in [-0.2, -0.15) is 0 Å². The Morgan fingerprint density at radius 1 is 1.41 bits per heavy atom. The molecule has 2 rings (SSSR count). The highest BCUT2D eigenvalue weighted by Crippen LogP contribution is 2.23. The van der Waals surface area contributed by atoms with Gasteiger partial charge in [-0.1, -0.05) is 23.7 Å². The van der Waals surface area contributed by atoms with Crippen molar-refractivity contribution in [3.63, 3.8) is 0 Å². The van der Waals surface area contributed by atoms with Gasteiger partial charge in [-0.05, 0) is 17.7 Å². The summed E-state index contributed by atoms with van der Waals surface area (Å²) in [7, 11) is 0. The van der Waals surface area contributed by atoms with Crippen molar-refractivity contribution in [1.82, 2.24) is 4.98 Å². The molecule has 1 aromatic heterocycles. The van der Waals surface area contributed by atoms with Gasteiger partial charge in [-0.15, -0.1) is 11.3 Å². The summed E-state index contributed by atoms with van der Waals surface area (Å²) in [6, 6.07) is 6.89. The monoisotopic (exact) mass is 267 g/mol. The van der Waals surface area contributed by atoms with Crippen LogP contribution in [0.3, 0.4) is 0 Å². The Balaban J connectivity index is 2.23. The maximum Gasteiger partial charge on any atom is 0.311 e. The van der Waals surface area contributed by atoms with Crippen LogP contribution in [-0.2, 0) is 11.2 Å². The van der Waals surface area contributed by atoms with Crippen molar-refractivity contribution in [1.29, 1.82) is 0 Å². The Bertz CT molecular complexity index is 496. The summed E-state index contributed by atoms with van der Waals surface area (Å²) in [4.78, 5) is 15.4. The fourth-order valence-electron chi connectivity index (χ4n) is 1.59. The van der Waals surface area contributed by atoms with E-state index in [9.17, 15) is 9.90 Å². The van der Waals surface area contributed by atoms with Crippen molar-refractivity contribution in [2.75, 3.05) is 0 Å². The first-order chi connectivity index (χ1) is 8.16. The number of nitrogens with zero attached hydrogens (tertiary/aromatic N) is 1. The number of aliphatic carboxylic acids is 1. The lowest BCUT2D eigenvalue weighted by Crippen LogP contribution is -2.14. The van der Waals surface area contributed by atoms with E-state index in [2.05, 4.69) is 4.98 Å². The molecule has 0 radical (unpaired) electrons. The van der Waals surface area contributed by atoms with Gasteiger partial charge in [0.05, 0.1) is 17.1 Å². The van der Waals surface area contributed by atoms with Crippen LogP contribution in [-0.4, -0.2) is 16.1 Å². The number of carbonyl (C=O) groups is 1. The highest BCUT2D eigenvalue weighted by atomic mass is 35.5. The quantitative estimate of drug-likeness (QED) is 0.925. The zero-order valence-corrected chi connectivity index (χ0v) is 10.4. The number of hydrogen-bond donors (Lipinski definition) is 1. The molecule has 1 unspecified atom stereocenters. The zero-order chi connectivity index (χ0) is 12.3. The van der Waals surface area contributed by atoms with E-state index >= 15 is 0 Å². The molecule has 0 spiro atoms. The van der Waals surface area contributed by atoms with Gasteiger partial charge in [-0.3, -0.25) is 4.79 Å². The van der Waals surface area contributed by atoms with Crippen molar-refractivity contribution in [2.45, 2.75) is 12.3 Å². The summed E-state index contributed by atoms with van der Waals surface area (Å²) < 4.78 is 0. The molecule has 3 nitrogen and oxygen atoms in total. The lowest BCUT2D eigenvalue weighted by atomic mass is 9.95. The van der Waals surface area contributed by atoms with E-state index in [4.69, 9.17) is 11.6 Å². The number of aromatic nitrogens is 1. The first-order valence-electron chi connectivity index (χ1n) is 5.02. The van der Waals surface area contributed by atoms with Gasteiger partial charge in [0.2, 0.25) is 0 Å². The fourth-order valence-corrected chi connectivity index (χ4v) is 2.29. The summed E-state index contributed by atoms with van der Waals surface area (Å²) >= 11 is 7.25. The third-order valence-electron chi connectivity index (χ3n) is 2.47. The minimum Gasteiger partial charge on any atom is -0.481 e. The topological polar surface area (TPSA) is 50.2 Å². The largest absolute Gasteiger partial charge is 0.481 e. The molecule has 1 aromatic carbocycles. The van der Waals surface area contributed by atoms with Gasteiger partial charge in [-0.25, -0.2) is 4.98 Å². The molecule has 5 heteroatoms. The van der Waals surface area contributed by atoms with Crippen molar-refractivity contribution in [2.24, 2.45) is 0 Å². The van der Waals surface area contributed by atoms with Gasteiger partial charge in [0.15, 0.2) is 0 Å². The predicted octanol–water partition coefficient (Wildman–Crippen LogP) is 3.21. The zero-order valence-electron chi connectivity index (χ0n) is 8.84. The number of hydrogen-bond acceptors (Lipinski definition) is 3. The van der Waals surface area contributed by atoms with E-state index in [1.54, 1.807) is 29.8 Å². The molecule has 0 aliphatic rings. The van der Waals surface area contributed by atoms with Crippen molar-refractivity contribution < 1.29 is 9.90 Å². The Labute approximate surface area is 108 Å². The number of halogens is 1. The molecule has 0 saturated carbocycles. The van der Waals surface area contributed by atoms with Crippen LogP contribution in [0.25, 0.3) is 0 Å². The molecular weight excluding hydrogens is 258 g/mol. The fraction of sp³-hybridized carbons (Fsp3) is 0.167. The van der Waals surface area contributed by atoms with Crippen molar-refractivity contribution in [3.05, 3.63) is 51.4 Å². The van der Waals surface area contributed by atoms with E-state index in [-0.39, 0.29) is 0 Å². The summed E-state index contributed by atoms with van der Waals surface area (Å²) in [5.74, 6) is -1.42. The van der Waals surface area contributed by atoms with Gasteiger partial charge in [0.25, 0.3) is 0 Å². The van der Waals surface area contributed by atoms with E-state index in [1.165, 1.54) is 11.3 Å². The second kappa shape index (κ2) is 5.29. The maximum absolute atomic E-state index is 11.3. The SMILES string of the molecule is O=C(O)C(Cc1cscn1)c1ccc(Cl)cc1. The second-order valence-corrected chi connectivity index (χ2v) is 4.78. The number of rotatable bonds is 4. The second-order valence-electron chi connectivity index (χ2n) is 3.63. The Morgan fingerprint density at radius 2 is 2.12 bits per heavy atom. The molecule has 0 aliphatic carbocycles. The molecule has 88 valence electrons. The Hall–Kier alpha value is -1.39. The highest BCUT2D eigenvalue weighted by Gasteiger charge is 2.20. The summed E-state index contributed by atoms with van der Waals surface area (Å²) in [5, 5.41) is 11.7. The highest BCUT2D eigenvalue weighted by molar-refractivity contribution is 7.07. The van der Waals surface area contributed by atoms with Gasteiger partial charge in [0.1, 0.15) is 0 Å². The average molecular weight is 268 g/mol. The summed E-state index contributed by atoms with van der Waals surface area (Å²) in [5.41, 5.74) is 3.25. The summed E-state index contributed by atoms with van der Waals surface area (Å²) in [6.07, 6.45) is 0.403. The number of carboxylic acids is 1. The molecule has 1 N–H and O–H groups in total. The minimum absolute atomic E-state index is 0.403. The molecule has 17 heavy (non-hydrogen) atoms. The maximum atomic E-state index is 11.3. The smallest absolute Gasteiger partial charge is 0.311 e. The van der Waals surface area contributed by atoms with Crippen molar-refractivity contribution in [3.8, 4) is 0 Å². The molecule has 0 amide bonds. The predicted molar refractivity (Wildman–Crippen MR) is 67.6 cm³/mol. The first kappa shape index (κ1) is 12.1.